The molecule has 5 heteroatoms. The number of methoxy groups -OCH3 is 2. The molecule has 0 radical (unpaired) electrons. The number of benzene rings is 1. The highest BCUT2D eigenvalue weighted by molar-refractivity contribution is 9.11. The summed E-state index contributed by atoms with van der Waals surface area (Å²) in [6, 6.07) is 7.81. The molecule has 0 aromatic heterocycles. The van der Waals surface area contributed by atoms with Gasteiger partial charge >= 0.3 is 5.97 Å². The van der Waals surface area contributed by atoms with Crippen molar-refractivity contribution in [2.75, 3.05) is 27.3 Å². The van der Waals surface area contributed by atoms with Gasteiger partial charge in [-0.05, 0) is 30.7 Å². The summed E-state index contributed by atoms with van der Waals surface area (Å²) in [5.41, 5.74) is 2.22. The van der Waals surface area contributed by atoms with Crippen molar-refractivity contribution in [1.82, 2.24) is 4.90 Å². The smallest absolute Gasteiger partial charge is 0.319 e. The Morgan fingerprint density at radius 1 is 1.27 bits per heavy atom. The van der Waals surface area contributed by atoms with Gasteiger partial charge in [0, 0.05) is 17.6 Å². The van der Waals surface area contributed by atoms with Gasteiger partial charge in [-0.25, -0.2) is 0 Å². The number of nitrogens with zero attached hydrogens (tertiary/aromatic N) is 1. The summed E-state index contributed by atoms with van der Waals surface area (Å²) in [7, 11) is 3.04. The summed E-state index contributed by atoms with van der Waals surface area (Å²) in [6.45, 7) is 7.35. The Morgan fingerprint density at radius 3 is 2.41 bits per heavy atom. The molecule has 0 amide bonds. The van der Waals surface area contributed by atoms with Crippen LogP contribution in [-0.4, -0.2) is 38.2 Å². The summed E-state index contributed by atoms with van der Waals surface area (Å²) < 4.78 is 10.7. The average Bonchev–Trinajstić information content (AvgIpc) is 2.46. The molecular weight excluding hydrogens is 346 g/mol. The number of allylic oxidation sites excluding steroid dienone is 2. The molecule has 0 saturated carbocycles. The molecule has 0 atom stereocenters. The van der Waals surface area contributed by atoms with Gasteiger partial charge in [-0.1, -0.05) is 40.2 Å². The van der Waals surface area contributed by atoms with Gasteiger partial charge in [-0.15, -0.1) is 0 Å². The fraction of sp³-hybridized carbons (Fsp3) is 0.353. The van der Waals surface area contributed by atoms with E-state index in [2.05, 4.69) is 22.5 Å². The third-order valence-corrected chi connectivity index (χ3v) is 3.25. The maximum Gasteiger partial charge on any atom is 0.319 e. The van der Waals surface area contributed by atoms with Crippen LogP contribution in [0.15, 0.2) is 47.0 Å². The first-order chi connectivity index (χ1) is 10.4. The number of carbonyl (C=O) groups is 1. The second kappa shape index (κ2) is 9.43. The van der Waals surface area contributed by atoms with Crippen molar-refractivity contribution >= 4 is 21.9 Å². The summed E-state index contributed by atoms with van der Waals surface area (Å²) in [6.07, 6.45) is 1.94. The van der Waals surface area contributed by atoms with E-state index in [0.29, 0.717) is 13.1 Å². The molecule has 0 N–H and O–H groups in total. The van der Waals surface area contributed by atoms with Crippen molar-refractivity contribution < 1.29 is 14.3 Å². The van der Waals surface area contributed by atoms with Gasteiger partial charge < -0.3 is 9.47 Å². The lowest BCUT2D eigenvalue weighted by atomic mass is 10.2. The lowest BCUT2D eigenvalue weighted by Gasteiger charge is -2.21. The van der Waals surface area contributed by atoms with E-state index >= 15 is 0 Å². The minimum absolute atomic E-state index is 0.239. The van der Waals surface area contributed by atoms with Crippen LogP contribution in [-0.2, 0) is 16.1 Å². The number of ether oxygens (including phenoxy) is 2. The second-order valence-corrected chi connectivity index (χ2v) is 6.03. The minimum atomic E-state index is -0.251. The van der Waals surface area contributed by atoms with Crippen LogP contribution in [0, 0.1) is 0 Å². The molecule has 120 valence electrons. The number of rotatable bonds is 8. The van der Waals surface area contributed by atoms with E-state index in [4.69, 9.17) is 9.47 Å². The minimum Gasteiger partial charge on any atom is -0.497 e. The van der Waals surface area contributed by atoms with Crippen LogP contribution in [0.3, 0.4) is 0 Å². The molecule has 0 spiro atoms. The fourth-order valence-corrected chi connectivity index (χ4v) is 2.46. The van der Waals surface area contributed by atoms with Crippen molar-refractivity contribution in [2.24, 2.45) is 0 Å². The Balaban J connectivity index is 2.79. The van der Waals surface area contributed by atoms with Gasteiger partial charge in [0.15, 0.2) is 0 Å². The molecule has 4 nitrogen and oxygen atoms in total. The first-order valence-corrected chi connectivity index (χ1v) is 7.67. The molecule has 0 bridgehead atoms. The summed E-state index contributed by atoms with van der Waals surface area (Å²) in [4.78, 5) is 13.6. The highest BCUT2D eigenvalue weighted by Gasteiger charge is 2.12. The standard InChI is InChI=1S/C17H22BrNO3/c1-13(9-14(2)18)10-19(12-17(20)22-4)11-15-5-7-16(21-3)8-6-15/h5-9H,2,10-12H2,1,3-4H3/b13-9+. The Labute approximate surface area is 140 Å². The van der Waals surface area contributed by atoms with Gasteiger partial charge in [-0.3, -0.25) is 9.69 Å². The van der Waals surface area contributed by atoms with E-state index in [1.54, 1.807) is 7.11 Å². The normalized spacial score (nSPS) is 11.4. The molecule has 0 heterocycles. The quantitative estimate of drug-likeness (QED) is 0.520. The molecule has 0 fully saturated rings. The lowest BCUT2D eigenvalue weighted by molar-refractivity contribution is -0.141. The van der Waals surface area contributed by atoms with Crippen molar-refractivity contribution in [2.45, 2.75) is 13.5 Å². The maximum atomic E-state index is 11.6. The highest BCUT2D eigenvalue weighted by Crippen LogP contribution is 2.14. The van der Waals surface area contributed by atoms with Gasteiger partial charge in [0.25, 0.3) is 0 Å². The summed E-state index contributed by atoms with van der Waals surface area (Å²) in [5, 5.41) is 0. The molecular formula is C17H22BrNO3. The number of esters is 1. The van der Waals surface area contributed by atoms with E-state index in [1.807, 2.05) is 42.2 Å². The van der Waals surface area contributed by atoms with Gasteiger partial charge in [0.1, 0.15) is 5.75 Å². The molecule has 22 heavy (non-hydrogen) atoms. The van der Waals surface area contributed by atoms with E-state index in [-0.39, 0.29) is 12.5 Å². The molecule has 1 aromatic carbocycles. The van der Waals surface area contributed by atoms with Crippen LogP contribution >= 0.6 is 15.9 Å². The van der Waals surface area contributed by atoms with Crippen LogP contribution in [0.25, 0.3) is 0 Å². The Kier molecular flexibility index (Phi) is 7.91. The van der Waals surface area contributed by atoms with Crippen molar-refractivity contribution in [3.05, 3.63) is 52.5 Å². The average molecular weight is 368 g/mol. The molecule has 1 rings (SSSR count). The third-order valence-electron chi connectivity index (χ3n) is 3.02. The predicted octanol–water partition coefficient (Wildman–Crippen LogP) is 3.53. The summed E-state index contributed by atoms with van der Waals surface area (Å²) in [5.74, 6) is 0.564. The zero-order valence-electron chi connectivity index (χ0n) is 13.3. The van der Waals surface area contributed by atoms with Crippen LogP contribution in [0.1, 0.15) is 12.5 Å². The van der Waals surface area contributed by atoms with Gasteiger partial charge in [0.2, 0.25) is 0 Å². The molecule has 0 aliphatic rings. The lowest BCUT2D eigenvalue weighted by Crippen LogP contribution is -2.31. The molecule has 1 aromatic rings. The predicted molar refractivity (Wildman–Crippen MR) is 92.1 cm³/mol. The molecule has 0 saturated heterocycles. The van der Waals surface area contributed by atoms with Gasteiger partial charge in [0.05, 0.1) is 20.8 Å². The second-order valence-electron chi connectivity index (χ2n) is 5.01. The van der Waals surface area contributed by atoms with E-state index < -0.39 is 0 Å². The fourth-order valence-electron chi connectivity index (χ4n) is 2.07. The van der Waals surface area contributed by atoms with Crippen LogP contribution in [0.2, 0.25) is 0 Å². The maximum absolute atomic E-state index is 11.6. The molecule has 0 aliphatic carbocycles. The van der Waals surface area contributed by atoms with E-state index in [1.165, 1.54) is 7.11 Å². The third kappa shape index (κ3) is 6.91. The molecule has 0 aliphatic heterocycles. The van der Waals surface area contributed by atoms with Crippen LogP contribution in [0.4, 0.5) is 0 Å². The Morgan fingerprint density at radius 2 is 1.91 bits per heavy atom. The zero-order chi connectivity index (χ0) is 16.5. The van der Waals surface area contributed by atoms with Crippen molar-refractivity contribution in [3.63, 3.8) is 0 Å². The van der Waals surface area contributed by atoms with E-state index in [0.717, 1.165) is 21.4 Å². The zero-order valence-corrected chi connectivity index (χ0v) is 14.9. The Hall–Kier alpha value is -1.59. The van der Waals surface area contributed by atoms with Crippen LogP contribution in [0.5, 0.6) is 5.75 Å². The number of hydrogen-bond acceptors (Lipinski definition) is 4. The molecule has 0 unspecified atom stereocenters. The summed E-state index contributed by atoms with van der Waals surface area (Å²) >= 11 is 3.32. The first-order valence-electron chi connectivity index (χ1n) is 6.88. The SMILES string of the molecule is C=C(Br)/C=C(\C)CN(CC(=O)OC)Cc1ccc(OC)cc1. The number of halogens is 1. The van der Waals surface area contributed by atoms with Gasteiger partial charge in [-0.2, -0.15) is 0 Å². The van der Waals surface area contributed by atoms with Crippen LogP contribution < -0.4 is 4.74 Å². The Bertz CT molecular complexity index is 537. The number of carbonyl (C=O) groups excluding carboxylic acids is 1. The van der Waals surface area contributed by atoms with Crippen molar-refractivity contribution in [3.8, 4) is 5.75 Å². The topological polar surface area (TPSA) is 38.8 Å². The highest BCUT2D eigenvalue weighted by atomic mass is 79.9. The monoisotopic (exact) mass is 367 g/mol. The number of hydrogen-bond donors (Lipinski definition) is 0. The van der Waals surface area contributed by atoms with Crippen molar-refractivity contribution in [1.29, 1.82) is 0 Å². The van der Waals surface area contributed by atoms with E-state index in [9.17, 15) is 4.79 Å². The largest absolute Gasteiger partial charge is 0.497 e. The first kappa shape index (κ1) is 18.5.